The van der Waals surface area contributed by atoms with Gasteiger partial charge in [-0.2, -0.15) is 0 Å². The highest BCUT2D eigenvalue weighted by Crippen LogP contribution is 2.46. The minimum atomic E-state index is -1.05. The first-order chi connectivity index (χ1) is 14.0. The largest absolute Gasteiger partial charge is 0.203 e. The van der Waals surface area contributed by atoms with Crippen molar-refractivity contribution in [3.8, 4) is 11.1 Å². The van der Waals surface area contributed by atoms with Crippen LogP contribution in [0.15, 0.2) is 24.3 Å². The molecular weight excluding hydrogens is 376 g/mol. The molecule has 0 bridgehead atoms. The summed E-state index contributed by atoms with van der Waals surface area (Å²) >= 11 is 0. The van der Waals surface area contributed by atoms with Gasteiger partial charge in [0.25, 0.3) is 0 Å². The van der Waals surface area contributed by atoms with Crippen LogP contribution in [0, 0.1) is 29.2 Å². The van der Waals surface area contributed by atoms with Gasteiger partial charge in [-0.05, 0) is 79.5 Å². The molecule has 0 nitrogen and oxygen atoms in total. The summed E-state index contributed by atoms with van der Waals surface area (Å²) in [4.78, 5) is 0. The van der Waals surface area contributed by atoms with Gasteiger partial charge in [0.1, 0.15) is 0 Å². The highest BCUT2D eigenvalue weighted by molar-refractivity contribution is 5.79. The van der Waals surface area contributed by atoms with Gasteiger partial charge in [-0.15, -0.1) is 0 Å². The molecule has 0 saturated heterocycles. The Labute approximate surface area is 169 Å². The number of rotatable bonds is 4. The van der Waals surface area contributed by atoms with Crippen molar-refractivity contribution in [2.75, 3.05) is 0 Å². The van der Waals surface area contributed by atoms with Crippen LogP contribution in [0.2, 0.25) is 0 Å². The van der Waals surface area contributed by atoms with Crippen LogP contribution < -0.4 is 0 Å². The van der Waals surface area contributed by atoms with Crippen LogP contribution in [-0.2, 0) is 12.8 Å². The minimum Gasteiger partial charge on any atom is -0.203 e. The Balaban J connectivity index is 1.73. The maximum Gasteiger partial charge on any atom is 0.167 e. The maximum atomic E-state index is 15.1. The smallest absolute Gasteiger partial charge is 0.167 e. The molecule has 0 spiro atoms. The Morgan fingerprint density at radius 1 is 0.862 bits per heavy atom. The van der Waals surface area contributed by atoms with Crippen LogP contribution in [0.4, 0.5) is 17.6 Å². The van der Waals surface area contributed by atoms with E-state index in [1.807, 2.05) is 19.9 Å². The first kappa shape index (κ1) is 20.2. The predicted octanol–water partition coefficient (Wildman–Crippen LogP) is 7.62. The number of hydrogen-bond donors (Lipinski definition) is 0. The summed E-state index contributed by atoms with van der Waals surface area (Å²) in [6.07, 6.45) is 9.16. The predicted molar refractivity (Wildman–Crippen MR) is 108 cm³/mol. The molecule has 154 valence electrons. The maximum absolute atomic E-state index is 15.1. The lowest BCUT2D eigenvalue weighted by atomic mass is 9.78. The summed E-state index contributed by atoms with van der Waals surface area (Å²) < 4.78 is 59.3. The van der Waals surface area contributed by atoms with Gasteiger partial charge in [-0.1, -0.05) is 37.6 Å². The van der Waals surface area contributed by atoms with E-state index in [1.165, 1.54) is 0 Å². The third-order valence-electron chi connectivity index (χ3n) is 6.51. The van der Waals surface area contributed by atoms with Gasteiger partial charge >= 0.3 is 0 Å². The standard InChI is InChI=1S/C25H26F4/c1-3-5-14-7-9-15(10-8-14)19-13-18-12-17-11-16(6-4-2)22(26)24(28)20(17)21(18)25(29)23(19)27/h3,5,11,13-15H,4,6-10,12H2,1-2H3/b5-3+. The summed E-state index contributed by atoms with van der Waals surface area (Å²) in [7, 11) is 0. The molecule has 0 N–H and O–H groups in total. The molecule has 0 amide bonds. The van der Waals surface area contributed by atoms with Crippen LogP contribution in [-0.4, -0.2) is 0 Å². The van der Waals surface area contributed by atoms with Crippen LogP contribution in [0.1, 0.15) is 74.1 Å². The Hall–Kier alpha value is -2.10. The molecule has 2 aliphatic carbocycles. The van der Waals surface area contributed by atoms with E-state index in [2.05, 4.69) is 6.08 Å². The normalized spacial score (nSPS) is 20.9. The lowest BCUT2D eigenvalue weighted by molar-refractivity contribution is 0.364. The zero-order valence-electron chi connectivity index (χ0n) is 16.9. The second kappa shape index (κ2) is 7.97. The number of halogens is 4. The van der Waals surface area contributed by atoms with Gasteiger partial charge in [0.2, 0.25) is 0 Å². The Kier molecular flexibility index (Phi) is 5.54. The number of aryl methyl sites for hydroxylation is 1. The van der Waals surface area contributed by atoms with Crippen LogP contribution in [0.5, 0.6) is 0 Å². The van der Waals surface area contributed by atoms with E-state index in [0.717, 1.165) is 25.7 Å². The Morgan fingerprint density at radius 3 is 2.10 bits per heavy atom. The van der Waals surface area contributed by atoms with Crippen molar-refractivity contribution in [2.45, 2.75) is 64.7 Å². The molecule has 29 heavy (non-hydrogen) atoms. The third kappa shape index (κ3) is 3.41. The van der Waals surface area contributed by atoms with Crippen molar-refractivity contribution in [3.63, 3.8) is 0 Å². The summed E-state index contributed by atoms with van der Waals surface area (Å²) in [5.74, 6) is -3.46. The van der Waals surface area contributed by atoms with Gasteiger partial charge < -0.3 is 0 Å². The van der Waals surface area contributed by atoms with Gasteiger partial charge in [0.05, 0.1) is 0 Å². The molecular formula is C25H26F4. The number of benzene rings is 2. The minimum absolute atomic E-state index is 0.0303. The van der Waals surface area contributed by atoms with Gasteiger partial charge in [0, 0.05) is 11.1 Å². The molecule has 0 unspecified atom stereocenters. The molecule has 0 aliphatic heterocycles. The molecule has 0 radical (unpaired) electrons. The molecule has 0 heterocycles. The molecule has 0 aromatic heterocycles. The van der Waals surface area contributed by atoms with E-state index in [-0.39, 0.29) is 17.0 Å². The second-order valence-electron chi connectivity index (χ2n) is 8.39. The number of allylic oxidation sites excluding steroid dienone is 2. The molecule has 2 aromatic rings. The van der Waals surface area contributed by atoms with Crippen molar-refractivity contribution in [3.05, 3.63) is 69.8 Å². The van der Waals surface area contributed by atoms with E-state index in [0.29, 0.717) is 47.4 Å². The van der Waals surface area contributed by atoms with Crippen LogP contribution >= 0.6 is 0 Å². The summed E-state index contributed by atoms with van der Waals surface area (Å²) in [5, 5.41) is 0. The molecule has 4 rings (SSSR count). The zero-order valence-corrected chi connectivity index (χ0v) is 16.9. The first-order valence-electron chi connectivity index (χ1n) is 10.6. The fourth-order valence-electron chi connectivity index (χ4n) is 5.11. The topological polar surface area (TPSA) is 0 Å². The van der Waals surface area contributed by atoms with Crippen molar-refractivity contribution >= 4 is 0 Å². The molecule has 4 heteroatoms. The number of hydrogen-bond acceptors (Lipinski definition) is 0. The van der Waals surface area contributed by atoms with E-state index in [1.54, 1.807) is 12.1 Å². The lowest BCUT2D eigenvalue weighted by Crippen LogP contribution is -2.14. The van der Waals surface area contributed by atoms with Gasteiger partial charge in [-0.25, -0.2) is 17.6 Å². The summed E-state index contributed by atoms with van der Waals surface area (Å²) in [6, 6.07) is 3.32. The quantitative estimate of drug-likeness (QED) is 0.311. The van der Waals surface area contributed by atoms with Gasteiger partial charge in [0.15, 0.2) is 23.3 Å². The summed E-state index contributed by atoms with van der Waals surface area (Å²) in [5.41, 5.74) is 1.62. The highest BCUT2D eigenvalue weighted by Gasteiger charge is 2.33. The molecule has 0 atom stereocenters. The zero-order chi connectivity index (χ0) is 20.7. The van der Waals surface area contributed by atoms with Crippen molar-refractivity contribution < 1.29 is 17.6 Å². The molecule has 2 aromatic carbocycles. The first-order valence-corrected chi connectivity index (χ1v) is 10.6. The molecule has 1 saturated carbocycles. The fourth-order valence-corrected chi connectivity index (χ4v) is 5.11. The van der Waals surface area contributed by atoms with E-state index < -0.39 is 23.3 Å². The van der Waals surface area contributed by atoms with Crippen LogP contribution in [0.25, 0.3) is 11.1 Å². The SMILES string of the molecule is C/C=C/C1CCC(c2cc3c(c(F)c2F)-c2c(cc(CCC)c(F)c2F)C3)CC1. The average molecular weight is 402 g/mol. The van der Waals surface area contributed by atoms with E-state index in [4.69, 9.17) is 0 Å². The lowest BCUT2D eigenvalue weighted by Gasteiger charge is -2.28. The third-order valence-corrected chi connectivity index (χ3v) is 6.51. The van der Waals surface area contributed by atoms with Crippen molar-refractivity contribution in [1.82, 2.24) is 0 Å². The van der Waals surface area contributed by atoms with E-state index in [9.17, 15) is 8.78 Å². The van der Waals surface area contributed by atoms with Crippen molar-refractivity contribution in [2.24, 2.45) is 5.92 Å². The summed E-state index contributed by atoms with van der Waals surface area (Å²) in [6.45, 7) is 3.89. The Morgan fingerprint density at radius 2 is 1.48 bits per heavy atom. The monoisotopic (exact) mass is 402 g/mol. The second-order valence-corrected chi connectivity index (χ2v) is 8.39. The molecule has 1 fully saturated rings. The van der Waals surface area contributed by atoms with E-state index >= 15 is 8.78 Å². The average Bonchev–Trinajstić information content (AvgIpc) is 3.08. The van der Waals surface area contributed by atoms with Crippen molar-refractivity contribution in [1.29, 1.82) is 0 Å². The number of fused-ring (bicyclic) bond motifs is 3. The van der Waals surface area contributed by atoms with Gasteiger partial charge in [-0.3, -0.25) is 0 Å². The Bertz CT molecular complexity index is 966. The van der Waals surface area contributed by atoms with Crippen LogP contribution in [0.3, 0.4) is 0 Å². The highest BCUT2D eigenvalue weighted by atomic mass is 19.2. The molecule has 2 aliphatic rings. The fraction of sp³-hybridized carbons (Fsp3) is 0.440.